The first kappa shape index (κ1) is 13.5. The molecule has 2 heterocycles. The van der Waals surface area contributed by atoms with Crippen molar-refractivity contribution in [2.75, 3.05) is 12.4 Å². The molecular weight excluding hydrogens is 268 g/mol. The molecule has 6 nitrogen and oxygen atoms in total. The number of carbonyl (C=O) groups is 1. The lowest BCUT2D eigenvalue weighted by molar-refractivity contribution is 0.0599. The number of nitrogens with zero attached hydrogens (tertiary/aromatic N) is 3. The number of methoxy groups -OCH3 is 1. The molecule has 1 aliphatic carbocycles. The molecule has 108 valence electrons. The molecular formula is C15H16N4O2. The van der Waals surface area contributed by atoms with Crippen molar-refractivity contribution in [1.82, 2.24) is 15.0 Å². The third kappa shape index (κ3) is 3.16. The molecule has 1 N–H and O–H groups in total. The van der Waals surface area contributed by atoms with E-state index in [9.17, 15) is 4.79 Å². The van der Waals surface area contributed by atoms with Crippen LogP contribution in [0.2, 0.25) is 0 Å². The Kier molecular flexibility index (Phi) is 3.77. The third-order valence-corrected chi connectivity index (χ3v) is 3.37. The monoisotopic (exact) mass is 284 g/mol. The van der Waals surface area contributed by atoms with Gasteiger partial charge in [-0.05, 0) is 25.0 Å². The molecule has 1 saturated carbocycles. The topological polar surface area (TPSA) is 77.0 Å². The average molecular weight is 284 g/mol. The number of ether oxygens (including phenoxy) is 1. The Bertz CT molecular complexity index is 641. The lowest BCUT2D eigenvalue weighted by atomic mass is 10.1. The first-order valence-electron chi connectivity index (χ1n) is 6.86. The Hall–Kier alpha value is -2.50. The summed E-state index contributed by atoms with van der Waals surface area (Å²) < 4.78 is 4.81. The van der Waals surface area contributed by atoms with Gasteiger partial charge >= 0.3 is 5.97 Å². The second-order valence-corrected chi connectivity index (χ2v) is 4.95. The smallest absolute Gasteiger partial charge is 0.339 e. The maximum atomic E-state index is 11.8. The lowest BCUT2D eigenvalue weighted by Crippen LogP contribution is -2.10. The van der Waals surface area contributed by atoms with Crippen LogP contribution in [0.4, 0.5) is 5.82 Å². The number of pyridine rings is 1. The number of anilines is 1. The van der Waals surface area contributed by atoms with Crippen LogP contribution in [-0.4, -0.2) is 28.0 Å². The summed E-state index contributed by atoms with van der Waals surface area (Å²) in [4.78, 5) is 24.5. The van der Waals surface area contributed by atoms with Gasteiger partial charge in [0, 0.05) is 18.3 Å². The highest BCUT2D eigenvalue weighted by atomic mass is 16.5. The highest BCUT2D eigenvalue weighted by Crippen LogP contribution is 2.40. The Morgan fingerprint density at radius 2 is 2.24 bits per heavy atom. The van der Waals surface area contributed by atoms with Crippen molar-refractivity contribution in [3.05, 3.63) is 47.7 Å². The van der Waals surface area contributed by atoms with Gasteiger partial charge in [-0.15, -0.1) is 0 Å². The molecule has 0 bridgehead atoms. The minimum Gasteiger partial charge on any atom is -0.465 e. The summed E-state index contributed by atoms with van der Waals surface area (Å²) in [5.74, 6) is 0.762. The molecule has 2 aromatic heterocycles. The zero-order valence-corrected chi connectivity index (χ0v) is 11.7. The van der Waals surface area contributed by atoms with Crippen molar-refractivity contribution in [3.63, 3.8) is 0 Å². The largest absolute Gasteiger partial charge is 0.465 e. The number of nitrogens with one attached hydrogen (secondary N) is 1. The van der Waals surface area contributed by atoms with Crippen LogP contribution in [0.1, 0.15) is 40.5 Å². The van der Waals surface area contributed by atoms with Crippen LogP contribution in [0.3, 0.4) is 0 Å². The molecule has 0 atom stereocenters. The molecule has 0 aromatic carbocycles. The summed E-state index contributed by atoms with van der Waals surface area (Å²) in [6.45, 7) is 0.542. The van der Waals surface area contributed by atoms with E-state index in [2.05, 4.69) is 20.3 Å². The van der Waals surface area contributed by atoms with E-state index in [0.29, 0.717) is 23.8 Å². The van der Waals surface area contributed by atoms with Crippen molar-refractivity contribution >= 4 is 11.8 Å². The summed E-state index contributed by atoms with van der Waals surface area (Å²) in [6, 6.07) is 3.63. The predicted molar refractivity (Wildman–Crippen MR) is 76.9 cm³/mol. The van der Waals surface area contributed by atoms with Gasteiger partial charge in [-0.2, -0.15) is 0 Å². The zero-order valence-electron chi connectivity index (χ0n) is 11.7. The molecule has 0 spiro atoms. The molecule has 3 rings (SSSR count). The highest BCUT2D eigenvalue weighted by Gasteiger charge is 2.30. The fraction of sp³-hybridized carbons (Fsp3) is 0.333. The summed E-state index contributed by atoms with van der Waals surface area (Å²) in [6.07, 6.45) is 7.08. The Balaban J connectivity index is 1.77. The van der Waals surface area contributed by atoms with Gasteiger partial charge < -0.3 is 10.1 Å². The summed E-state index contributed by atoms with van der Waals surface area (Å²) in [7, 11) is 1.39. The maximum absolute atomic E-state index is 11.8. The second kappa shape index (κ2) is 5.87. The highest BCUT2D eigenvalue weighted by molar-refractivity contribution is 5.90. The van der Waals surface area contributed by atoms with Gasteiger partial charge in [0.15, 0.2) is 0 Å². The Morgan fingerprint density at radius 3 is 2.90 bits per heavy atom. The first-order valence-corrected chi connectivity index (χ1v) is 6.86. The number of esters is 1. The van der Waals surface area contributed by atoms with Gasteiger partial charge in [0.2, 0.25) is 0 Å². The van der Waals surface area contributed by atoms with E-state index in [1.807, 2.05) is 6.07 Å². The summed E-state index contributed by atoms with van der Waals surface area (Å²) >= 11 is 0. The molecule has 0 amide bonds. The standard InChI is InChI=1S/C15H16N4O2/c1-21-15(20)12-5-4-11(19-14(12)10-2-3-10)8-18-13-9-16-6-7-17-13/h4-7,9-10H,2-3,8H2,1H3,(H,17,18). The molecule has 6 heteroatoms. The molecule has 0 unspecified atom stereocenters. The number of hydrogen-bond donors (Lipinski definition) is 1. The van der Waals surface area contributed by atoms with Crippen LogP contribution >= 0.6 is 0 Å². The van der Waals surface area contributed by atoms with Crippen LogP contribution < -0.4 is 5.32 Å². The van der Waals surface area contributed by atoms with E-state index in [4.69, 9.17) is 4.74 Å². The van der Waals surface area contributed by atoms with E-state index in [0.717, 1.165) is 24.2 Å². The van der Waals surface area contributed by atoms with Gasteiger partial charge in [-0.1, -0.05) is 0 Å². The SMILES string of the molecule is COC(=O)c1ccc(CNc2cnccn2)nc1C1CC1. The Labute approximate surface area is 122 Å². The predicted octanol–water partition coefficient (Wildman–Crippen LogP) is 2.15. The second-order valence-electron chi connectivity index (χ2n) is 4.95. The summed E-state index contributed by atoms with van der Waals surface area (Å²) in [5.41, 5.74) is 2.29. The van der Waals surface area contributed by atoms with Crippen LogP contribution in [0, 0.1) is 0 Å². The van der Waals surface area contributed by atoms with Crippen LogP contribution in [-0.2, 0) is 11.3 Å². The van der Waals surface area contributed by atoms with Crippen molar-refractivity contribution in [2.45, 2.75) is 25.3 Å². The van der Waals surface area contributed by atoms with Crippen molar-refractivity contribution in [2.24, 2.45) is 0 Å². The van der Waals surface area contributed by atoms with Gasteiger partial charge in [0.1, 0.15) is 5.82 Å². The van der Waals surface area contributed by atoms with Gasteiger partial charge in [0.05, 0.1) is 36.8 Å². The normalized spacial score (nSPS) is 13.8. The van der Waals surface area contributed by atoms with Crippen LogP contribution in [0.15, 0.2) is 30.7 Å². The molecule has 0 aliphatic heterocycles. The summed E-state index contributed by atoms with van der Waals surface area (Å²) in [5, 5.41) is 3.16. The Morgan fingerprint density at radius 1 is 1.38 bits per heavy atom. The molecule has 0 saturated heterocycles. The quantitative estimate of drug-likeness (QED) is 0.848. The molecule has 0 radical (unpaired) electrons. The minimum absolute atomic E-state index is 0.321. The van der Waals surface area contributed by atoms with E-state index >= 15 is 0 Å². The third-order valence-electron chi connectivity index (χ3n) is 3.37. The fourth-order valence-corrected chi connectivity index (χ4v) is 2.14. The molecule has 1 fully saturated rings. The number of hydrogen-bond acceptors (Lipinski definition) is 6. The van der Waals surface area contributed by atoms with E-state index in [1.165, 1.54) is 7.11 Å². The van der Waals surface area contributed by atoms with Crippen molar-refractivity contribution in [3.8, 4) is 0 Å². The first-order chi connectivity index (χ1) is 10.3. The van der Waals surface area contributed by atoms with Crippen molar-refractivity contribution in [1.29, 1.82) is 0 Å². The van der Waals surface area contributed by atoms with E-state index in [-0.39, 0.29) is 5.97 Å². The zero-order chi connectivity index (χ0) is 14.7. The lowest BCUT2D eigenvalue weighted by Gasteiger charge is -2.09. The molecule has 21 heavy (non-hydrogen) atoms. The number of aromatic nitrogens is 3. The average Bonchev–Trinajstić information content (AvgIpc) is 3.38. The fourth-order valence-electron chi connectivity index (χ4n) is 2.14. The van der Waals surface area contributed by atoms with Gasteiger partial charge in [0.25, 0.3) is 0 Å². The number of carbonyl (C=O) groups excluding carboxylic acids is 1. The van der Waals surface area contributed by atoms with E-state index in [1.54, 1.807) is 24.7 Å². The van der Waals surface area contributed by atoms with Gasteiger partial charge in [-0.25, -0.2) is 9.78 Å². The van der Waals surface area contributed by atoms with Crippen LogP contribution in [0.5, 0.6) is 0 Å². The van der Waals surface area contributed by atoms with Crippen molar-refractivity contribution < 1.29 is 9.53 Å². The molecule has 1 aliphatic rings. The minimum atomic E-state index is -0.321. The maximum Gasteiger partial charge on any atom is 0.339 e. The van der Waals surface area contributed by atoms with E-state index < -0.39 is 0 Å². The van der Waals surface area contributed by atoms with Crippen LogP contribution in [0.25, 0.3) is 0 Å². The molecule has 2 aromatic rings. The van der Waals surface area contributed by atoms with Gasteiger partial charge in [-0.3, -0.25) is 9.97 Å². The number of rotatable bonds is 5.